The van der Waals surface area contributed by atoms with E-state index in [1.165, 1.54) is 0 Å². The van der Waals surface area contributed by atoms with Gasteiger partial charge in [-0.3, -0.25) is 4.79 Å². The largest absolute Gasteiger partial charge is 0.462 e. The number of methoxy groups -OCH3 is 1. The van der Waals surface area contributed by atoms with Crippen LogP contribution in [0.2, 0.25) is 0 Å². The van der Waals surface area contributed by atoms with Gasteiger partial charge in [0, 0.05) is 7.11 Å². The average Bonchev–Trinajstić information content (AvgIpc) is 2.34. The molecule has 6 nitrogen and oxygen atoms in total. The van der Waals surface area contributed by atoms with Gasteiger partial charge in [-0.05, 0) is 5.41 Å². The van der Waals surface area contributed by atoms with Crippen molar-refractivity contribution in [2.75, 3.05) is 46.8 Å². The first-order chi connectivity index (χ1) is 8.89. The number of esters is 1. The third kappa shape index (κ3) is 9.84. The van der Waals surface area contributed by atoms with Crippen molar-refractivity contribution in [2.45, 2.75) is 26.8 Å². The molecule has 0 aliphatic heterocycles. The van der Waals surface area contributed by atoms with E-state index < -0.39 is 12.0 Å². The van der Waals surface area contributed by atoms with E-state index in [0.29, 0.717) is 33.0 Å². The van der Waals surface area contributed by atoms with Crippen molar-refractivity contribution in [3.63, 3.8) is 0 Å². The third-order valence-electron chi connectivity index (χ3n) is 2.46. The molecule has 0 amide bonds. The molecule has 0 aromatic rings. The fourth-order valence-corrected chi connectivity index (χ4v) is 1.11. The molecule has 114 valence electrons. The van der Waals surface area contributed by atoms with E-state index in [-0.39, 0.29) is 12.0 Å². The van der Waals surface area contributed by atoms with Crippen LogP contribution in [0.25, 0.3) is 0 Å². The Morgan fingerprint density at radius 3 is 1.95 bits per heavy atom. The number of nitrogens with two attached hydrogens (primary N) is 1. The van der Waals surface area contributed by atoms with E-state index in [9.17, 15) is 4.79 Å². The monoisotopic (exact) mass is 277 g/mol. The highest BCUT2D eigenvalue weighted by Crippen LogP contribution is 2.17. The van der Waals surface area contributed by atoms with Gasteiger partial charge in [0.15, 0.2) is 0 Å². The zero-order chi connectivity index (χ0) is 14.7. The van der Waals surface area contributed by atoms with Crippen LogP contribution in [0.5, 0.6) is 0 Å². The van der Waals surface area contributed by atoms with E-state index >= 15 is 0 Å². The van der Waals surface area contributed by atoms with Crippen molar-refractivity contribution in [3.05, 3.63) is 0 Å². The van der Waals surface area contributed by atoms with E-state index in [2.05, 4.69) is 0 Å². The van der Waals surface area contributed by atoms with Gasteiger partial charge in [0.1, 0.15) is 12.6 Å². The lowest BCUT2D eigenvalue weighted by Crippen LogP contribution is -2.43. The number of hydrogen-bond donors (Lipinski definition) is 1. The highest BCUT2D eigenvalue weighted by atomic mass is 16.6. The van der Waals surface area contributed by atoms with Gasteiger partial charge in [0.2, 0.25) is 0 Å². The molecule has 0 aromatic heterocycles. The predicted octanol–water partition coefficient (Wildman–Crippen LogP) is 0.583. The molecule has 0 heterocycles. The summed E-state index contributed by atoms with van der Waals surface area (Å²) in [5.74, 6) is -0.396. The standard InChI is InChI=1S/C13H27NO5/c1-13(2,3)11(14)12(15)19-10-9-18-8-7-17-6-5-16-4/h11H,5-10,14H2,1-4H3. The van der Waals surface area contributed by atoms with Crippen LogP contribution in [-0.4, -0.2) is 58.8 Å². The maximum atomic E-state index is 11.6. The van der Waals surface area contributed by atoms with Gasteiger partial charge in [0.05, 0.1) is 33.0 Å². The van der Waals surface area contributed by atoms with Crippen molar-refractivity contribution in [3.8, 4) is 0 Å². The zero-order valence-corrected chi connectivity index (χ0v) is 12.4. The van der Waals surface area contributed by atoms with Gasteiger partial charge in [-0.25, -0.2) is 0 Å². The van der Waals surface area contributed by atoms with Crippen LogP contribution in [0.1, 0.15) is 20.8 Å². The summed E-state index contributed by atoms with van der Waals surface area (Å²) < 4.78 is 20.3. The summed E-state index contributed by atoms with van der Waals surface area (Å²) in [7, 11) is 1.62. The summed E-state index contributed by atoms with van der Waals surface area (Å²) in [6.07, 6.45) is 0. The second-order valence-corrected chi connectivity index (χ2v) is 5.23. The van der Waals surface area contributed by atoms with Crippen molar-refractivity contribution in [2.24, 2.45) is 11.1 Å². The maximum Gasteiger partial charge on any atom is 0.323 e. The molecule has 0 radical (unpaired) electrons. The highest BCUT2D eigenvalue weighted by molar-refractivity contribution is 5.76. The fourth-order valence-electron chi connectivity index (χ4n) is 1.11. The molecule has 19 heavy (non-hydrogen) atoms. The van der Waals surface area contributed by atoms with E-state index in [1.54, 1.807) is 7.11 Å². The molecule has 1 unspecified atom stereocenters. The van der Waals surface area contributed by atoms with Gasteiger partial charge in [0.25, 0.3) is 0 Å². The second-order valence-electron chi connectivity index (χ2n) is 5.23. The number of rotatable bonds is 10. The maximum absolute atomic E-state index is 11.6. The average molecular weight is 277 g/mol. The van der Waals surface area contributed by atoms with Gasteiger partial charge >= 0.3 is 5.97 Å². The fraction of sp³-hybridized carbons (Fsp3) is 0.923. The van der Waals surface area contributed by atoms with E-state index in [0.717, 1.165) is 0 Å². The Kier molecular flexibility index (Phi) is 9.77. The number of carbonyl (C=O) groups is 1. The predicted molar refractivity (Wildman–Crippen MR) is 71.9 cm³/mol. The van der Waals surface area contributed by atoms with Crippen molar-refractivity contribution < 1.29 is 23.7 Å². The first-order valence-electron chi connectivity index (χ1n) is 6.46. The summed E-state index contributed by atoms with van der Waals surface area (Å²) in [4.78, 5) is 11.6. The second kappa shape index (κ2) is 10.1. The van der Waals surface area contributed by atoms with E-state index in [1.807, 2.05) is 20.8 Å². The first-order valence-corrected chi connectivity index (χ1v) is 6.46. The summed E-state index contributed by atoms with van der Waals surface area (Å²) in [5.41, 5.74) is 5.46. The first kappa shape index (κ1) is 18.3. The molecule has 6 heteroatoms. The molecule has 2 N–H and O–H groups in total. The topological polar surface area (TPSA) is 80.0 Å². The van der Waals surface area contributed by atoms with Crippen LogP contribution in [0, 0.1) is 5.41 Å². The lowest BCUT2D eigenvalue weighted by molar-refractivity contribution is -0.149. The Labute approximate surface area is 115 Å². The lowest BCUT2D eigenvalue weighted by Gasteiger charge is -2.24. The van der Waals surface area contributed by atoms with Gasteiger partial charge in [-0.15, -0.1) is 0 Å². The van der Waals surface area contributed by atoms with Crippen molar-refractivity contribution in [1.82, 2.24) is 0 Å². The Morgan fingerprint density at radius 2 is 1.47 bits per heavy atom. The number of carbonyl (C=O) groups excluding carboxylic acids is 1. The molecule has 0 saturated heterocycles. The third-order valence-corrected chi connectivity index (χ3v) is 2.46. The molecule has 0 rings (SSSR count). The highest BCUT2D eigenvalue weighted by Gasteiger charge is 2.28. The summed E-state index contributed by atoms with van der Waals surface area (Å²) in [6, 6.07) is -0.620. The van der Waals surface area contributed by atoms with Crippen LogP contribution in [0.4, 0.5) is 0 Å². The minimum atomic E-state index is -0.620. The molecule has 0 aromatic carbocycles. The quantitative estimate of drug-likeness (QED) is 0.465. The summed E-state index contributed by atoms with van der Waals surface area (Å²) in [6.45, 7) is 8.33. The van der Waals surface area contributed by atoms with E-state index in [4.69, 9.17) is 24.7 Å². The van der Waals surface area contributed by atoms with Crippen LogP contribution in [0.15, 0.2) is 0 Å². The van der Waals surface area contributed by atoms with Crippen molar-refractivity contribution in [1.29, 1.82) is 0 Å². The molecule has 0 bridgehead atoms. The summed E-state index contributed by atoms with van der Waals surface area (Å²) in [5, 5.41) is 0. The summed E-state index contributed by atoms with van der Waals surface area (Å²) >= 11 is 0. The Morgan fingerprint density at radius 1 is 1.00 bits per heavy atom. The van der Waals surface area contributed by atoms with Crippen LogP contribution >= 0.6 is 0 Å². The van der Waals surface area contributed by atoms with Crippen LogP contribution < -0.4 is 5.73 Å². The molecule has 1 atom stereocenters. The van der Waals surface area contributed by atoms with Crippen molar-refractivity contribution >= 4 is 5.97 Å². The Hall–Kier alpha value is -0.690. The lowest BCUT2D eigenvalue weighted by atomic mass is 9.87. The molecule has 0 aliphatic carbocycles. The van der Waals surface area contributed by atoms with Gasteiger partial charge in [-0.1, -0.05) is 20.8 Å². The van der Waals surface area contributed by atoms with Gasteiger partial charge < -0.3 is 24.7 Å². The zero-order valence-electron chi connectivity index (χ0n) is 12.4. The van der Waals surface area contributed by atoms with Crippen LogP contribution in [0.3, 0.4) is 0 Å². The SMILES string of the molecule is COCCOCCOCCOC(=O)C(N)C(C)(C)C. The van der Waals surface area contributed by atoms with Crippen LogP contribution in [-0.2, 0) is 23.7 Å². The molecular formula is C13H27NO5. The molecular weight excluding hydrogens is 250 g/mol. The minimum Gasteiger partial charge on any atom is -0.462 e. The Balaban J connectivity index is 3.42. The number of ether oxygens (including phenoxy) is 4. The number of hydrogen-bond acceptors (Lipinski definition) is 6. The molecule has 0 saturated carbocycles. The molecule has 0 aliphatic rings. The molecule has 0 fully saturated rings. The Bertz CT molecular complexity index is 240. The molecule has 0 spiro atoms. The van der Waals surface area contributed by atoms with Gasteiger partial charge in [-0.2, -0.15) is 0 Å². The normalized spacial score (nSPS) is 13.3. The smallest absolute Gasteiger partial charge is 0.323 e. The minimum absolute atomic E-state index is 0.209.